The first-order valence-corrected chi connectivity index (χ1v) is 8.31. The highest BCUT2D eigenvalue weighted by Crippen LogP contribution is 2.33. The van der Waals surface area contributed by atoms with Gasteiger partial charge in [-0.15, -0.1) is 17.8 Å². The minimum atomic E-state index is -0.504. The van der Waals surface area contributed by atoms with Crippen LogP contribution in [0.3, 0.4) is 0 Å². The summed E-state index contributed by atoms with van der Waals surface area (Å²) in [5.41, 5.74) is 3.45. The molecule has 0 radical (unpaired) electrons. The first-order chi connectivity index (χ1) is 11.4. The van der Waals surface area contributed by atoms with Crippen LogP contribution in [0.1, 0.15) is 32.2 Å². The molecule has 126 valence electrons. The number of hydrogen-bond acceptors (Lipinski definition) is 4. The number of aryl methyl sites for hydroxylation is 3. The van der Waals surface area contributed by atoms with Gasteiger partial charge in [0.25, 0.3) is 5.91 Å². The first-order valence-electron chi connectivity index (χ1n) is 7.49. The van der Waals surface area contributed by atoms with Crippen molar-refractivity contribution in [1.29, 1.82) is 0 Å². The molecule has 0 aromatic carbocycles. The molecule has 6 heteroatoms. The molecule has 1 N–H and O–H groups in total. The number of amides is 1. The number of carbonyl (C=O) groups excluding carboxylic acids is 2. The molecule has 0 bridgehead atoms. The van der Waals surface area contributed by atoms with E-state index in [0.29, 0.717) is 5.56 Å². The second-order valence-electron chi connectivity index (χ2n) is 5.47. The van der Waals surface area contributed by atoms with Gasteiger partial charge in [0.15, 0.2) is 6.61 Å². The minimum Gasteiger partial charge on any atom is -0.452 e. The molecule has 1 amide bonds. The third kappa shape index (κ3) is 3.52. The van der Waals surface area contributed by atoms with Crippen molar-refractivity contribution in [1.82, 2.24) is 9.88 Å². The van der Waals surface area contributed by atoms with E-state index in [4.69, 9.17) is 11.2 Å². The standard InChI is InChI=1S/C18H20N2O3S/c1-6-9-19-15(21)10-23-18(22)16-13(4)14(5)24-17(16)20-11(2)7-8-12(20)3/h1,7-8H,9-10H2,2-5H3,(H,19,21). The molecule has 2 heterocycles. The summed E-state index contributed by atoms with van der Waals surface area (Å²) < 4.78 is 7.20. The molecule has 0 aliphatic rings. The first kappa shape index (κ1) is 17.8. The number of nitrogens with one attached hydrogen (secondary N) is 1. The van der Waals surface area contributed by atoms with Crippen LogP contribution in [-0.4, -0.2) is 29.6 Å². The van der Waals surface area contributed by atoms with E-state index in [2.05, 4.69) is 11.2 Å². The summed E-state index contributed by atoms with van der Waals surface area (Å²) in [6, 6.07) is 4.00. The SMILES string of the molecule is C#CCNC(=O)COC(=O)c1c(-n2c(C)ccc2C)sc(C)c1C. The second kappa shape index (κ2) is 7.37. The summed E-state index contributed by atoms with van der Waals surface area (Å²) in [5.74, 6) is 1.38. The Hall–Kier alpha value is -2.52. The molecule has 2 rings (SSSR count). The monoisotopic (exact) mass is 344 g/mol. The van der Waals surface area contributed by atoms with Crippen LogP contribution in [0.2, 0.25) is 0 Å². The molecule has 24 heavy (non-hydrogen) atoms. The molecule has 5 nitrogen and oxygen atoms in total. The summed E-state index contributed by atoms with van der Waals surface area (Å²) in [4.78, 5) is 25.2. The number of rotatable bonds is 5. The van der Waals surface area contributed by atoms with Gasteiger partial charge in [-0.05, 0) is 45.4 Å². The van der Waals surface area contributed by atoms with Crippen LogP contribution in [0.5, 0.6) is 0 Å². The van der Waals surface area contributed by atoms with Gasteiger partial charge in [-0.2, -0.15) is 0 Å². The Morgan fingerprint density at radius 3 is 2.46 bits per heavy atom. The normalized spacial score (nSPS) is 10.3. The maximum absolute atomic E-state index is 12.5. The Labute approximate surface area is 145 Å². The van der Waals surface area contributed by atoms with Crippen molar-refractivity contribution < 1.29 is 14.3 Å². The lowest BCUT2D eigenvalue weighted by Crippen LogP contribution is -2.29. The predicted molar refractivity (Wildman–Crippen MR) is 94.7 cm³/mol. The smallest absolute Gasteiger partial charge is 0.341 e. The number of esters is 1. The van der Waals surface area contributed by atoms with Gasteiger partial charge in [0.05, 0.1) is 12.1 Å². The molecule has 0 spiro atoms. The Morgan fingerprint density at radius 1 is 1.25 bits per heavy atom. The van der Waals surface area contributed by atoms with E-state index in [1.54, 1.807) is 0 Å². The third-order valence-electron chi connectivity index (χ3n) is 3.77. The van der Waals surface area contributed by atoms with E-state index < -0.39 is 11.9 Å². The molecule has 0 aliphatic carbocycles. The summed E-state index contributed by atoms with van der Waals surface area (Å²) >= 11 is 1.54. The van der Waals surface area contributed by atoms with Crippen LogP contribution in [0, 0.1) is 40.0 Å². The van der Waals surface area contributed by atoms with Crippen molar-refractivity contribution in [3.8, 4) is 17.3 Å². The van der Waals surface area contributed by atoms with E-state index >= 15 is 0 Å². The molecule has 0 aliphatic heterocycles. The Bertz CT molecular complexity index is 805. The van der Waals surface area contributed by atoms with Crippen molar-refractivity contribution >= 4 is 23.2 Å². The molecular weight excluding hydrogens is 324 g/mol. The lowest BCUT2D eigenvalue weighted by Gasteiger charge is -2.11. The maximum Gasteiger partial charge on any atom is 0.341 e. The Kier molecular flexibility index (Phi) is 5.47. The molecule has 0 fully saturated rings. The molecule has 2 aromatic rings. The van der Waals surface area contributed by atoms with Gasteiger partial charge in [-0.25, -0.2) is 4.79 Å². The molecule has 0 saturated carbocycles. The summed E-state index contributed by atoms with van der Waals surface area (Å²) in [7, 11) is 0. The van der Waals surface area contributed by atoms with Crippen molar-refractivity contribution in [3.05, 3.63) is 39.5 Å². The maximum atomic E-state index is 12.5. The van der Waals surface area contributed by atoms with E-state index in [-0.39, 0.29) is 13.2 Å². The largest absolute Gasteiger partial charge is 0.452 e. The van der Waals surface area contributed by atoms with Gasteiger partial charge in [0.2, 0.25) is 0 Å². The second-order valence-corrected chi connectivity index (χ2v) is 6.68. The lowest BCUT2D eigenvalue weighted by molar-refractivity contribution is -0.123. The topological polar surface area (TPSA) is 60.3 Å². The number of aromatic nitrogens is 1. The molecular formula is C18H20N2O3S. The average molecular weight is 344 g/mol. The van der Waals surface area contributed by atoms with Gasteiger partial charge in [0.1, 0.15) is 5.00 Å². The Balaban J connectivity index is 2.29. The molecule has 0 atom stereocenters. The number of thiophene rings is 1. The lowest BCUT2D eigenvalue weighted by atomic mass is 10.1. The fraction of sp³-hybridized carbons (Fsp3) is 0.333. The van der Waals surface area contributed by atoms with Crippen molar-refractivity contribution in [2.45, 2.75) is 27.7 Å². The van der Waals surface area contributed by atoms with Gasteiger partial charge in [-0.3, -0.25) is 4.79 Å². The fourth-order valence-electron chi connectivity index (χ4n) is 2.40. The van der Waals surface area contributed by atoms with E-state index in [9.17, 15) is 9.59 Å². The van der Waals surface area contributed by atoms with Gasteiger partial charge >= 0.3 is 5.97 Å². The zero-order valence-corrected chi connectivity index (χ0v) is 15.0. The third-order valence-corrected chi connectivity index (χ3v) is 4.96. The van der Waals surface area contributed by atoms with Crippen molar-refractivity contribution in [2.24, 2.45) is 0 Å². The number of terminal acetylenes is 1. The summed E-state index contributed by atoms with van der Waals surface area (Å²) in [6.07, 6.45) is 5.07. The van der Waals surface area contributed by atoms with E-state index in [1.165, 1.54) is 11.3 Å². The quantitative estimate of drug-likeness (QED) is 0.670. The highest BCUT2D eigenvalue weighted by molar-refractivity contribution is 7.15. The average Bonchev–Trinajstić information content (AvgIpc) is 3.02. The van der Waals surface area contributed by atoms with Gasteiger partial charge < -0.3 is 14.6 Å². The number of hydrogen-bond donors (Lipinski definition) is 1. The number of carbonyl (C=O) groups is 2. The predicted octanol–water partition coefficient (Wildman–Crippen LogP) is 2.68. The number of ether oxygens (including phenoxy) is 1. The van der Waals surface area contributed by atoms with Crippen LogP contribution >= 0.6 is 11.3 Å². The van der Waals surface area contributed by atoms with E-state index in [0.717, 1.165) is 26.8 Å². The van der Waals surface area contributed by atoms with Crippen LogP contribution in [0.25, 0.3) is 5.00 Å². The van der Waals surface area contributed by atoms with Gasteiger partial charge in [-0.1, -0.05) is 5.92 Å². The fourth-order valence-corrected chi connectivity index (χ4v) is 3.66. The zero-order chi connectivity index (χ0) is 17.9. The molecule has 2 aromatic heterocycles. The van der Waals surface area contributed by atoms with Gasteiger partial charge in [0, 0.05) is 16.3 Å². The molecule has 0 unspecified atom stereocenters. The Morgan fingerprint density at radius 2 is 1.88 bits per heavy atom. The van der Waals surface area contributed by atoms with Crippen LogP contribution < -0.4 is 5.32 Å². The van der Waals surface area contributed by atoms with Crippen molar-refractivity contribution in [2.75, 3.05) is 13.2 Å². The van der Waals surface area contributed by atoms with Crippen LogP contribution in [0.15, 0.2) is 12.1 Å². The highest BCUT2D eigenvalue weighted by atomic mass is 32.1. The summed E-state index contributed by atoms with van der Waals surface area (Å²) in [6.45, 7) is 7.59. The van der Waals surface area contributed by atoms with Crippen molar-refractivity contribution in [3.63, 3.8) is 0 Å². The summed E-state index contributed by atoms with van der Waals surface area (Å²) in [5, 5.41) is 3.28. The van der Waals surface area contributed by atoms with Crippen LogP contribution in [0.4, 0.5) is 0 Å². The zero-order valence-electron chi connectivity index (χ0n) is 14.2. The minimum absolute atomic E-state index is 0.111. The van der Waals surface area contributed by atoms with E-state index in [1.807, 2.05) is 44.4 Å². The van der Waals surface area contributed by atoms with Crippen LogP contribution in [-0.2, 0) is 9.53 Å². The highest BCUT2D eigenvalue weighted by Gasteiger charge is 2.24. The number of nitrogens with zero attached hydrogens (tertiary/aromatic N) is 1. The molecule has 0 saturated heterocycles.